The third-order valence-electron chi connectivity index (χ3n) is 3.17. The van der Waals surface area contributed by atoms with E-state index < -0.39 is 5.97 Å². The van der Waals surface area contributed by atoms with Crippen molar-refractivity contribution in [1.29, 1.82) is 0 Å². The van der Waals surface area contributed by atoms with Crippen LogP contribution in [-0.2, 0) is 11.2 Å². The average molecular weight is 270 g/mol. The Bertz CT molecular complexity index is 421. The summed E-state index contributed by atoms with van der Waals surface area (Å²) < 4.78 is 2.17. The average Bonchev–Trinajstić information content (AvgIpc) is 2.66. The lowest BCUT2D eigenvalue weighted by molar-refractivity contribution is -0.133. The minimum Gasteiger partial charge on any atom is -0.481 e. The van der Waals surface area contributed by atoms with Crippen LogP contribution in [0.3, 0.4) is 0 Å². The van der Waals surface area contributed by atoms with Crippen molar-refractivity contribution in [2.45, 2.75) is 52.2 Å². The largest absolute Gasteiger partial charge is 0.481 e. The van der Waals surface area contributed by atoms with Gasteiger partial charge in [-0.15, -0.1) is 0 Å². The third kappa shape index (κ3) is 3.51. The number of carboxylic acids is 1. The molecule has 1 aromatic heterocycles. The molecule has 0 aliphatic heterocycles. The molecule has 5 heteroatoms. The highest BCUT2D eigenvalue weighted by atomic mass is 32.2. The molecule has 1 heterocycles. The number of carboxylic acid groups (broad SMARTS) is 1. The van der Waals surface area contributed by atoms with Gasteiger partial charge in [0.05, 0.1) is 5.75 Å². The fraction of sp³-hybridized carbons (Fsp3) is 0.692. The van der Waals surface area contributed by atoms with Gasteiger partial charge in [0.15, 0.2) is 5.16 Å². The van der Waals surface area contributed by atoms with Crippen molar-refractivity contribution in [3.8, 4) is 0 Å². The smallest absolute Gasteiger partial charge is 0.313 e. The topological polar surface area (TPSA) is 55.1 Å². The molecule has 18 heavy (non-hydrogen) atoms. The summed E-state index contributed by atoms with van der Waals surface area (Å²) in [5, 5.41) is 9.57. The Labute approximate surface area is 113 Å². The summed E-state index contributed by atoms with van der Waals surface area (Å²) in [6.07, 6.45) is 2.76. The summed E-state index contributed by atoms with van der Waals surface area (Å²) in [6.45, 7) is 10.8. The molecule has 0 radical (unpaired) electrons. The maximum absolute atomic E-state index is 10.7. The summed E-state index contributed by atoms with van der Waals surface area (Å²) in [5.41, 5.74) is 1.27. The SMILES string of the molecule is CCc1cnc(SCC(=O)O)n1C(C)C(C)(C)C. The highest BCUT2D eigenvalue weighted by Crippen LogP contribution is 2.34. The van der Waals surface area contributed by atoms with Gasteiger partial charge in [-0.05, 0) is 18.8 Å². The molecular weight excluding hydrogens is 248 g/mol. The van der Waals surface area contributed by atoms with Gasteiger partial charge in [-0.1, -0.05) is 39.5 Å². The van der Waals surface area contributed by atoms with Gasteiger partial charge in [-0.3, -0.25) is 4.79 Å². The molecule has 1 N–H and O–H groups in total. The lowest BCUT2D eigenvalue weighted by Gasteiger charge is -2.31. The molecule has 1 atom stereocenters. The predicted molar refractivity (Wildman–Crippen MR) is 74.1 cm³/mol. The van der Waals surface area contributed by atoms with E-state index in [1.54, 1.807) is 0 Å². The van der Waals surface area contributed by atoms with E-state index in [0.717, 1.165) is 17.3 Å². The Morgan fingerprint density at radius 3 is 2.61 bits per heavy atom. The van der Waals surface area contributed by atoms with Crippen LogP contribution in [0, 0.1) is 5.41 Å². The van der Waals surface area contributed by atoms with Crippen LogP contribution in [0.1, 0.15) is 46.4 Å². The van der Waals surface area contributed by atoms with Gasteiger partial charge in [0, 0.05) is 17.9 Å². The number of nitrogens with zero attached hydrogens (tertiary/aromatic N) is 2. The van der Waals surface area contributed by atoms with Gasteiger partial charge in [0.25, 0.3) is 0 Å². The van der Waals surface area contributed by atoms with E-state index in [0.29, 0.717) is 0 Å². The molecule has 4 nitrogen and oxygen atoms in total. The van der Waals surface area contributed by atoms with Crippen LogP contribution < -0.4 is 0 Å². The minimum atomic E-state index is -0.809. The van der Waals surface area contributed by atoms with Gasteiger partial charge < -0.3 is 9.67 Å². The molecule has 0 aliphatic carbocycles. The number of hydrogen-bond donors (Lipinski definition) is 1. The third-order valence-corrected chi connectivity index (χ3v) is 4.12. The Kier molecular flexibility index (Phi) is 4.85. The van der Waals surface area contributed by atoms with Crippen LogP contribution >= 0.6 is 11.8 Å². The maximum atomic E-state index is 10.7. The Hall–Kier alpha value is -0.970. The molecule has 1 unspecified atom stereocenters. The van der Waals surface area contributed by atoms with E-state index >= 15 is 0 Å². The first-order valence-corrected chi connectivity index (χ1v) is 7.16. The van der Waals surface area contributed by atoms with Crippen LogP contribution in [0.5, 0.6) is 0 Å². The van der Waals surface area contributed by atoms with E-state index in [4.69, 9.17) is 5.11 Å². The maximum Gasteiger partial charge on any atom is 0.313 e. The Balaban J connectivity index is 3.06. The molecule has 0 bridgehead atoms. The molecule has 1 aromatic rings. The zero-order valence-corrected chi connectivity index (χ0v) is 12.5. The van der Waals surface area contributed by atoms with Crippen LogP contribution in [0.15, 0.2) is 11.4 Å². The van der Waals surface area contributed by atoms with E-state index in [2.05, 4.69) is 44.2 Å². The first kappa shape index (κ1) is 15.1. The van der Waals surface area contributed by atoms with Crippen molar-refractivity contribution in [2.75, 3.05) is 5.75 Å². The number of thioether (sulfide) groups is 1. The van der Waals surface area contributed by atoms with Crippen LogP contribution in [-0.4, -0.2) is 26.4 Å². The van der Waals surface area contributed by atoms with Crippen LogP contribution in [0.4, 0.5) is 0 Å². The first-order chi connectivity index (χ1) is 8.27. The van der Waals surface area contributed by atoms with Gasteiger partial charge >= 0.3 is 5.97 Å². The zero-order chi connectivity index (χ0) is 13.9. The quantitative estimate of drug-likeness (QED) is 0.835. The lowest BCUT2D eigenvalue weighted by Crippen LogP contribution is -2.23. The Morgan fingerprint density at radius 1 is 1.56 bits per heavy atom. The van der Waals surface area contributed by atoms with Crippen molar-refractivity contribution in [1.82, 2.24) is 9.55 Å². The van der Waals surface area contributed by atoms with E-state index in [9.17, 15) is 4.79 Å². The fourth-order valence-electron chi connectivity index (χ4n) is 1.67. The molecule has 0 fully saturated rings. The van der Waals surface area contributed by atoms with Gasteiger partial charge in [-0.25, -0.2) is 4.98 Å². The highest BCUT2D eigenvalue weighted by molar-refractivity contribution is 7.99. The number of hydrogen-bond acceptors (Lipinski definition) is 3. The second kappa shape index (κ2) is 5.78. The number of aryl methyl sites for hydroxylation is 1. The zero-order valence-electron chi connectivity index (χ0n) is 11.7. The van der Waals surface area contributed by atoms with E-state index in [-0.39, 0.29) is 17.2 Å². The fourth-order valence-corrected chi connectivity index (χ4v) is 2.47. The number of carbonyl (C=O) groups is 1. The van der Waals surface area contributed by atoms with Crippen LogP contribution in [0.2, 0.25) is 0 Å². The van der Waals surface area contributed by atoms with E-state index in [1.807, 2.05) is 6.20 Å². The lowest BCUT2D eigenvalue weighted by atomic mass is 9.88. The minimum absolute atomic E-state index is 0.0526. The number of rotatable bonds is 5. The monoisotopic (exact) mass is 270 g/mol. The summed E-state index contributed by atoms with van der Waals surface area (Å²) in [7, 11) is 0. The number of aliphatic carboxylic acids is 1. The predicted octanol–water partition coefficient (Wildman–Crippen LogP) is 3.23. The van der Waals surface area contributed by atoms with Gasteiger partial charge in [-0.2, -0.15) is 0 Å². The van der Waals surface area contributed by atoms with Gasteiger partial charge in [0.2, 0.25) is 0 Å². The summed E-state index contributed by atoms with van der Waals surface area (Å²) >= 11 is 1.29. The molecule has 1 rings (SSSR count). The molecular formula is C13H22N2O2S. The van der Waals surface area contributed by atoms with Crippen molar-refractivity contribution >= 4 is 17.7 Å². The highest BCUT2D eigenvalue weighted by Gasteiger charge is 2.26. The van der Waals surface area contributed by atoms with Crippen molar-refractivity contribution in [2.24, 2.45) is 5.41 Å². The summed E-state index contributed by atoms with van der Waals surface area (Å²) in [6, 6.07) is 0.284. The van der Waals surface area contributed by atoms with E-state index in [1.165, 1.54) is 11.8 Å². The second-order valence-electron chi connectivity index (χ2n) is 5.48. The second-order valence-corrected chi connectivity index (χ2v) is 6.42. The molecule has 0 saturated heterocycles. The molecule has 0 aliphatic rings. The van der Waals surface area contributed by atoms with Crippen molar-refractivity contribution in [3.05, 3.63) is 11.9 Å². The normalized spacial score (nSPS) is 13.6. The molecule has 0 aromatic carbocycles. The number of aromatic nitrogens is 2. The summed E-state index contributed by atoms with van der Waals surface area (Å²) in [4.78, 5) is 15.0. The summed E-state index contributed by atoms with van der Waals surface area (Å²) in [5.74, 6) is -0.757. The molecule has 0 spiro atoms. The molecule has 0 saturated carbocycles. The Morgan fingerprint density at radius 2 is 2.17 bits per heavy atom. The van der Waals surface area contributed by atoms with Gasteiger partial charge in [0.1, 0.15) is 0 Å². The number of imidazole rings is 1. The van der Waals surface area contributed by atoms with Crippen molar-refractivity contribution in [3.63, 3.8) is 0 Å². The molecule has 102 valence electrons. The van der Waals surface area contributed by atoms with Crippen LogP contribution in [0.25, 0.3) is 0 Å². The standard InChI is InChI=1S/C13H22N2O2S/c1-6-10-7-14-12(18-8-11(16)17)15(10)9(2)13(3,4)5/h7,9H,6,8H2,1-5H3,(H,16,17). The first-order valence-electron chi connectivity index (χ1n) is 6.18. The van der Waals surface area contributed by atoms with Crippen molar-refractivity contribution < 1.29 is 9.90 Å². The molecule has 0 amide bonds.